The van der Waals surface area contributed by atoms with Crippen molar-refractivity contribution in [2.24, 2.45) is 22.2 Å². The molecule has 0 radical (unpaired) electrons. The lowest BCUT2D eigenvalue weighted by molar-refractivity contribution is -0.114. The largest absolute Gasteiger partial charge is 0.454 e. The molecule has 4 aliphatic carbocycles. The minimum Gasteiger partial charge on any atom is -0.454 e. The van der Waals surface area contributed by atoms with Crippen LogP contribution in [0, 0.1) is 29.1 Å². The zero-order valence-corrected chi connectivity index (χ0v) is 32.7. The number of carbonyl (C=O) groups excluding carboxylic acids is 1. The molecule has 2 saturated carbocycles. The third-order valence-corrected chi connectivity index (χ3v) is 13.2. The summed E-state index contributed by atoms with van der Waals surface area (Å²) in [6, 6.07) is 22.5. The van der Waals surface area contributed by atoms with Crippen LogP contribution in [0.4, 0.5) is 11.4 Å². The van der Waals surface area contributed by atoms with Crippen molar-refractivity contribution in [3.05, 3.63) is 106 Å². The minimum atomic E-state index is -0.914. The van der Waals surface area contributed by atoms with E-state index in [9.17, 15) is 9.90 Å². The van der Waals surface area contributed by atoms with E-state index in [0.29, 0.717) is 23.3 Å². The van der Waals surface area contributed by atoms with Crippen LogP contribution in [-0.4, -0.2) is 67.5 Å². The van der Waals surface area contributed by atoms with Gasteiger partial charge in [-0.15, -0.1) is 5.92 Å². The normalized spacial score (nSPS) is 28.1. The molecule has 2 aliphatic heterocycles. The fraction of sp³-hybridized carbons (Fsp3) is 0.435. The Labute approximate surface area is 325 Å². The summed E-state index contributed by atoms with van der Waals surface area (Å²) in [7, 11) is 4.14. The molecule has 6 aliphatic rings. The maximum atomic E-state index is 12.2. The quantitative estimate of drug-likeness (QED) is 0.256. The Bertz CT molecular complexity index is 2100. The fourth-order valence-corrected chi connectivity index (χ4v) is 10.4. The first kappa shape index (κ1) is 36.6. The lowest BCUT2D eigenvalue weighted by atomic mass is 9.51. The van der Waals surface area contributed by atoms with Crippen LogP contribution in [0.1, 0.15) is 75.8 Å². The molecular weight excluding hydrogens is 692 g/mol. The van der Waals surface area contributed by atoms with Crippen molar-refractivity contribution in [3.8, 4) is 23.3 Å². The predicted molar refractivity (Wildman–Crippen MR) is 218 cm³/mol. The van der Waals surface area contributed by atoms with Gasteiger partial charge in [-0.05, 0) is 123 Å². The lowest BCUT2D eigenvalue weighted by Crippen LogP contribution is -2.51. The minimum absolute atomic E-state index is 0.221. The van der Waals surface area contributed by atoms with Gasteiger partial charge < -0.3 is 25.0 Å². The Balaban J connectivity index is 0.000000164. The van der Waals surface area contributed by atoms with E-state index in [0.717, 1.165) is 93.3 Å². The number of para-hydroxylation sites is 2. The molecule has 1 saturated heterocycles. The van der Waals surface area contributed by atoms with E-state index in [1.54, 1.807) is 5.57 Å². The average molecular weight is 743 g/mol. The van der Waals surface area contributed by atoms with Gasteiger partial charge in [0.25, 0.3) is 0 Å². The second kappa shape index (κ2) is 14.7. The van der Waals surface area contributed by atoms with Gasteiger partial charge >= 0.3 is 0 Å². The molecule has 5 atom stereocenters. The monoisotopic (exact) mass is 742 g/mol. The van der Waals surface area contributed by atoms with E-state index < -0.39 is 5.60 Å². The van der Waals surface area contributed by atoms with Crippen LogP contribution in [0.15, 0.2) is 94.5 Å². The number of anilines is 1. The number of piperazine rings is 1. The van der Waals surface area contributed by atoms with Gasteiger partial charge in [-0.25, -0.2) is 4.99 Å². The van der Waals surface area contributed by atoms with Crippen LogP contribution in [0.2, 0.25) is 5.02 Å². The highest BCUT2D eigenvalue weighted by molar-refractivity contribution is 6.31. The number of hydrogen-bond acceptors (Lipinski definition) is 7. The van der Waals surface area contributed by atoms with Crippen LogP contribution < -0.4 is 15.0 Å². The van der Waals surface area contributed by atoms with Gasteiger partial charge in [0, 0.05) is 68.7 Å². The number of hydrogen-bond donors (Lipinski definition) is 2. The van der Waals surface area contributed by atoms with Crippen molar-refractivity contribution < 1.29 is 14.6 Å². The number of fused-ring (bicyclic) bond motifs is 6. The summed E-state index contributed by atoms with van der Waals surface area (Å²) in [6.45, 7) is 7.90. The van der Waals surface area contributed by atoms with Gasteiger partial charge in [-0.2, -0.15) is 0 Å². The Morgan fingerprint density at radius 2 is 1.78 bits per heavy atom. The first-order valence-corrected chi connectivity index (χ1v) is 20.0. The number of amidine groups is 1. The molecule has 8 heteroatoms. The number of carbonyl (C=O) groups is 1. The molecule has 0 aromatic heterocycles. The van der Waals surface area contributed by atoms with Crippen LogP contribution in [0.25, 0.3) is 0 Å². The second-order valence-corrected chi connectivity index (χ2v) is 16.6. The molecule has 7 nitrogen and oxygen atoms in total. The van der Waals surface area contributed by atoms with Gasteiger partial charge in [-0.3, -0.25) is 4.79 Å². The molecule has 9 rings (SSSR count). The molecule has 0 unspecified atom stereocenters. The van der Waals surface area contributed by atoms with Crippen molar-refractivity contribution in [3.63, 3.8) is 0 Å². The highest BCUT2D eigenvalue weighted by Gasteiger charge is 2.62. The van der Waals surface area contributed by atoms with Crippen LogP contribution in [0.5, 0.6) is 11.5 Å². The van der Waals surface area contributed by atoms with Crippen molar-refractivity contribution in [2.75, 3.05) is 45.2 Å². The molecule has 0 bridgehead atoms. The number of ether oxygens (including phenoxy) is 1. The summed E-state index contributed by atoms with van der Waals surface area (Å²) in [5, 5.41) is 15.8. The Morgan fingerprint density at radius 3 is 2.54 bits per heavy atom. The van der Waals surface area contributed by atoms with E-state index in [2.05, 4.69) is 72.2 Å². The van der Waals surface area contributed by atoms with Crippen LogP contribution in [0.3, 0.4) is 0 Å². The molecule has 3 aromatic rings. The number of ketones is 1. The number of allylic oxidation sites excluding steroid dienone is 4. The molecule has 0 spiro atoms. The zero-order chi connectivity index (χ0) is 37.6. The number of aliphatic hydroxyl groups is 1. The number of aliphatic imine (C=N–C) groups is 1. The number of nitrogens with zero attached hydrogens (tertiary/aromatic N) is 3. The summed E-state index contributed by atoms with van der Waals surface area (Å²) in [4.78, 5) is 21.5. The summed E-state index contributed by atoms with van der Waals surface area (Å²) in [5.41, 5.74) is 7.51. The third-order valence-electron chi connectivity index (χ3n) is 12.9. The number of halogens is 1. The highest BCUT2D eigenvalue weighted by Crippen LogP contribution is 2.66. The summed E-state index contributed by atoms with van der Waals surface area (Å²) >= 11 is 6.20. The Morgan fingerprint density at radius 1 is 1.00 bits per heavy atom. The van der Waals surface area contributed by atoms with E-state index in [4.69, 9.17) is 21.3 Å². The molecule has 3 fully saturated rings. The number of benzene rings is 3. The van der Waals surface area contributed by atoms with Gasteiger partial charge in [0.1, 0.15) is 22.9 Å². The SMILES string of the molecule is CC#C[C@]1(O)CC[C@H]2[C@@H]3CCC4=CC(=O)CCC4=C3[C@@H](c3ccc(N(C)C)cc3)C[C@@]21C.Clc1ccc2c(c1)C(N1CCNCC1)=Nc1ccccc1O2. The van der Waals surface area contributed by atoms with Crippen LogP contribution in [-0.2, 0) is 4.79 Å². The fourth-order valence-electron chi connectivity index (χ4n) is 10.2. The zero-order valence-electron chi connectivity index (χ0n) is 31.9. The molecule has 280 valence electrons. The first-order chi connectivity index (χ1) is 26.1. The molecule has 2 heterocycles. The van der Waals surface area contributed by atoms with Crippen molar-refractivity contribution in [1.29, 1.82) is 0 Å². The van der Waals surface area contributed by atoms with Gasteiger partial charge in [-0.1, -0.05) is 54.3 Å². The second-order valence-electron chi connectivity index (χ2n) is 16.1. The summed E-state index contributed by atoms with van der Waals surface area (Å²) in [5.74, 6) is 10.3. The van der Waals surface area contributed by atoms with Crippen molar-refractivity contribution >= 4 is 34.6 Å². The predicted octanol–water partition coefficient (Wildman–Crippen LogP) is 8.84. The summed E-state index contributed by atoms with van der Waals surface area (Å²) < 4.78 is 6.06. The Hall–Kier alpha value is -4.35. The summed E-state index contributed by atoms with van der Waals surface area (Å²) in [6.07, 6.45) is 8.23. The molecular formula is C46H51ClN4O3. The topological polar surface area (TPSA) is 77.4 Å². The van der Waals surface area contributed by atoms with Gasteiger partial charge in [0.2, 0.25) is 0 Å². The van der Waals surface area contributed by atoms with Gasteiger partial charge in [0.15, 0.2) is 11.5 Å². The van der Waals surface area contributed by atoms with Gasteiger partial charge in [0.05, 0.1) is 5.56 Å². The van der Waals surface area contributed by atoms with Crippen LogP contribution >= 0.6 is 11.6 Å². The molecule has 0 amide bonds. The number of rotatable bonds is 2. The van der Waals surface area contributed by atoms with E-state index in [1.807, 2.05) is 55.5 Å². The molecule has 2 N–H and O–H groups in total. The standard InChI is InChI=1S/C29H35NO2.C17H16ClN3O/c1-5-15-29(32)16-14-26-24-12-8-20-17-22(31)11-13-23(20)27(24)25(18-28(26,29)2)19-6-9-21(10-7-19)30(3)4;18-12-5-6-15-13(11-12)17(21-9-7-19-8-10-21)20-14-3-1-2-4-16(14)22-15/h6-7,9-10,17,24-26,32H,8,11-14,16,18H2,1-4H3;1-6,11,19H,7-10H2/t24-,25+,26-,28-,29-;/m0./s1. The average Bonchev–Trinajstić information content (AvgIpc) is 3.33. The maximum Gasteiger partial charge on any atom is 0.156 e. The van der Waals surface area contributed by atoms with E-state index >= 15 is 0 Å². The number of nitrogens with one attached hydrogen (secondary N) is 1. The van der Waals surface area contributed by atoms with Crippen molar-refractivity contribution in [2.45, 2.75) is 70.3 Å². The molecule has 3 aromatic carbocycles. The van der Waals surface area contributed by atoms with E-state index in [-0.39, 0.29) is 17.1 Å². The highest BCUT2D eigenvalue weighted by atomic mass is 35.5. The third kappa shape index (κ3) is 6.57. The van der Waals surface area contributed by atoms with E-state index in [1.165, 1.54) is 22.4 Å². The lowest BCUT2D eigenvalue weighted by Gasteiger charge is -2.53. The maximum absolute atomic E-state index is 12.2. The molecule has 54 heavy (non-hydrogen) atoms. The first-order valence-electron chi connectivity index (χ1n) is 19.6. The van der Waals surface area contributed by atoms with Crippen molar-refractivity contribution in [1.82, 2.24) is 10.2 Å². The Kier molecular flexibility index (Phi) is 9.98. The smallest absolute Gasteiger partial charge is 0.156 e.